The molecule has 1 aliphatic carbocycles. The molecule has 2 N–H and O–H groups in total. The maximum Gasteiger partial charge on any atom is 0.261 e. The SMILES string of the molecule is CCc1c(-c2nc(C3(N)CCC3)no2)cnn1-c1cccc(Cl)c1. The van der Waals surface area contributed by atoms with Gasteiger partial charge in [0.05, 0.1) is 28.7 Å². The van der Waals surface area contributed by atoms with Crippen LogP contribution >= 0.6 is 11.6 Å². The molecule has 3 aromatic rings. The summed E-state index contributed by atoms with van der Waals surface area (Å²) < 4.78 is 7.32. The van der Waals surface area contributed by atoms with Gasteiger partial charge in [0.2, 0.25) is 0 Å². The molecule has 0 atom stereocenters. The van der Waals surface area contributed by atoms with Crippen molar-refractivity contribution in [3.8, 4) is 17.1 Å². The van der Waals surface area contributed by atoms with Gasteiger partial charge >= 0.3 is 0 Å². The van der Waals surface area contributed by atoms with Crippen LogP contribution < -0.4 is 5.73 Å². The second kappa shape index (κ2) is 5.72. The van der Waals surface area contributed by atoms with Crippen LogP contribution in [0, 0.1) is 0 Å². The second-order valence-corrected chi connectivity index (χ2v) is 6.62. The fourth-order valence-corrected chi connectivity index (χ4v) is 3.22. The molecule has 1 aliphatic rings. The molecule has 0 amide bonds. The fourth-order valence-electron chi connectivity index (χ4n) is 3.04. The van der Waals surface area contributed by atoms with Gasteiger partial charge < -0.3 is 10.3 Å². The summed E-state index contributed by atoms with van der Waals surface area (Å²) in [5, 5.41) is 9.24. The number of benzene rings is 1. The number of halogens is 1. The maximum atomic E-state index is 6.28. The Kier molecular flexibility index (Phi) is 3.66. The summed E-state index contributed by atoms with van der Waals surface area (Å²) >= 11 is 6.09. The zero-order valence-corrected chi connectivity index (χ0v) is 14.1. The highest BCUT2D eigenvalue weighted by molar-refractivity contribution is 6.30. The highest BCUT2D eigenvalue weighted by Crippen LogP contribution is 2.38. The molecule has 1 saturated carbocycles. The molecule has 124 valence electrons. The van der Waals surface area contributed by atoms with Gasteiger partial charge in [-0.25, -0.2) is 4.68 Å². The predicted octanol–water partition coefficient (Wildman–Crippen LogP) is 3.48. The number of nitrogens with zero attached hydrogens (tertiary/aromatic N) is 4. The van der Waals surface area contributed by atoms with E-state index in [0.717, 1.165) is 42.6 Å². The Morgan fingerprint density at radius 1 is 1.38 bits per heavy atom. The molecule has 0 radical (unpaired) electrons. The van der Waals surface area contributed by atoms with Crippen molar-refractivity contribution in [1.82, 2.24) is 19.9 Å². The Morgan fingerprint density at radius 2 is 2.21 bits per heavy atom. The van der Waals surface area contributed by atoms with E-state index in [4.69, 9.17) is 21.9 Å². The van der Waals surface area contributed by atoms with E-state index in [-0.39, 0.29) is 0 Å². The molecule has 0 unspecified atom stereocenters. The van der Waals surface area contributed by atoms with Crippen molar-refractivity contribution in [2.24, 2.45) is 5.73 Å². The van der Waals surface area contributed by atoms with E-state index in [2.05, 4.69) is 22.2 Å². The largest absolute Gasteiger partial charge is 0.334 e. The zero-order valence-electron chi connectivity index (χ0n) is 13.4. The number of nitrogens with two attached hydrogens (primary N) is 1. The third kappa shape index (κ3) is 2.42. The number of hydrogen-bond donors (Lipinski definition) is 1. The van der Waals surface area contributed by atoms with E-state index < -0.39 is 5.54 Å². The molecule has 0 saturated heterocycles. The third-order valence-corrected chi connectivity index (χ3v) is 4.84. The van der Waals surface area contributed by atoms with Crippen molar-refractivity contribution in [2.75, 3.05) is 0 Å². The normalized spacial score (nSPS) is 16.1. The summed E-state index contributed by atoms with van der Waals surface area (Å²) in [6, 6.07) is 7.58. The van der Waals surface area contributed by atoms with Crippen molar-refractivity contribution >= 4 is 11.6 Å². The summed E-state index contributed by atoms with van der Waals surface area (Å²) in [6.45, 7) is 2.06. The molecule has 1 aromatic carbocycles. The van der Waals surface area contributed by atoms with Crippen LogP contribution in [0.2, 0.25) is 5.02 Å². The Labute approximate surface area is 144 Å². The average molecular weight is 344 g/mol. The molecule has 0 aliphatic heterocycles. The predicted molar refractivity (Wildman–Crippen MR) is 91.0 cm³/mol. The van der Waals surface area contributed by atoms with E-state index >= 15 is 0 Å². The molecule has 24 heavy (non-hydrogen) atoms. The van der Waals surface area contributed by atoms with Gasteiger partial charge in [0.1, 0.15) is 0 Å². The van der Waals surface area contributed by atoms with Crippen LogP contribution in [0.1, 0.15) is 37.7 Å². The molecule has 7 heteroatoms. The average Bonchev–Trinajstić information content (AvgIpc) is 3.19. The van der Waals surface area contributed by atoms with E-state index in [0.29, 0.717) is 16.7 Å². The minimum atomic E-state index is -0.433. The lowest BCUT2D eigenvalue weighted by molar-refractivity contribution is 0.229. The topological polar surface area (TPSA) is 82.8 Å². The van der Waals surface area contributed by atoms with Crippen LogP contribution in [-0.2, 0) is 12.0 Å². The van der Waals surface area contributed by atoms with Gasteiger partial charge in [-0.1, -0.05) is 29.7 Å². The summed E-state index contributed by atoms with van der Waals surface area (Å²) in [6.07, 6.45) is 5.42. The van der Waals surface area contributed by atoms with Crippen molar-refractivity contribution in [3.63, 3.8) is 0 Å². The van der Waals surface area contributed by atoms with Crippen molar-refractivity contribution < 1.29 is 4.52 Å². The Balaban J connectivity index is 1.74. The molecule has 1 fully saturated rings. The van der Waals surface area contributed by atoms with Crippen molar-refractivity contribution in [2.45, 2.75) is 38.1 Å². The van der Waals surface area contributed by atoms with E-state index in [1.54, 1.807) is 6.20 Å². The first kappa shape index (κ1) is 15.4. The Morgan fingerprint density at radius 3 is 2.88 bits per heavy atom. The lowest BCUT2D eigenvalue weighted by Gasteiger charge is -2.34. The smallest absolute Gasteiger partial charge is 0.261 e. The summed E-state index contributed by atoms with van der Waals surface area (Å²) in [5.41, 5.74) is 8.57. The second-order valence-electron chi connectivity index (χ2n) is 6.18. The quantitative estimate of drug-likeness (QED) is 0.784. The van der Waals surface area contributed by atoms with Gasteiger partial charge in [-0.2, -0.15) is 10.1 Å². The van der Waals surface area contributed by atoms with Crippen LogP contribution in [0.5, 0.6) is 0 Å². The minimum absolute atomic E-state index is 0.433. The van der Waals surface area contributed by atoms with E-state index in [1.807, 2.05) is 28.9 Å². The van der Waals surface area contributed by atoms with Gasteiger partial charge in [0.15, 0.2) is 5.82 Å². The van der Waals surface area contributed by atoms with E-state index in [1.165, 1.54) is 0 Å². The standard InChI is InChI=1S/C17H18ClN5O/c1-2-14-13(10-20-23(14)12-6-3-5-11(18)9-12)15-21-16(22-24-15)17(19)7-4-8-17/h3,5-6,9-10H,2,4,7-8,19H2,1H3. The molecular weight excluding hydrogens is 326 g/mol. The molecule has 0 bridgehead atoms. The van der Waals surface area contributed by atoms with Gasteiger partial charge in [0.25, 0.3) is 5.89 Å². The fraction of sp³-hybridized carbons (Fsp3) is 0.353. The monoisotopic (exact) mass is 343 g/mol. The lowest BCUT2D eigenvalue weighted by atomic mass is 9.77. The molecule has 2 heterocycles. The van der Waals surface area contributed by atoms with Gasteiger partial charge in [-0.3, -0.25) is 0 Å². The zero-order chi connectivity index (χ0) is 16.7. The molecular formula is C17H18ClN5O. The summed E-state index contributed by atoms with van der Waals surface area (Å²) in [7, 11) is 0. The van der Waals surface area contributed by atoms with Crippen LogP contribution in [0.15, 0.2) is 35.0 Å². The van der Waals surface area contributed by atoms with Crippen LogP contribution in [0.3, 0.4) is 0 Å². The van der Waals surface area contributed by atoms with Crippen LogP contribution in [0.25, 0.3) is 17.1 Å². The number of hydrogen-bond acceptors (Lipinski definition) is 5. The molecule has 2 aromatic heterocycles. The summed E-state index contributed by atoms with van der Waals surface area (Å²) in [5.74, 6) is 1.05. The molecule has 6 nitrogen and oxygen atoms in total. The molecule has 4 rings (SSSR count). The number of aromatic nitrogens is 4. The van der Waals surface area contributed by atoms with Crippen molar-refractivity contribution in [3.05, 3.63) is 47.0 Å². The first-order valence-electron chi connectivity index (χ1n) is 8.07. The summed E-state index contributed by atoms with van der Waals surface area (Å²) in [4.78, 5) is 4.53. The Bertz CT molecular complexity index is 881. The van der Waals surface area contributed by atoms with Crippen molar-refractivity contribution in [1.29, 1.82) is 0 Å². The first-order valence-corrected chi connectivity index (χ1v) is 8.45. The lowest BCUT2D eigenvalue weighted by Crippen LogP contribution is -2.44. The first-order chi connectivity index (χ1) is 11.6. The van der Waals surface area contributed by atoms with Crippen LogP contribution in [0.4, 0.5) is 0 Å². The van der Waals surface area contributed by atoms with Gasteiger partial charge in [-0.15, -0.1) is 0 Å². The van der Waals surface area contributed by atoms with Gasteiger partial charge in [-0.05, 0) is 43.9 Å². The Hall–Kier alpha value is -2.18. The third-order valence-electron chi connectivity index (χ3n) is 4.60. The maximum absolute atomic E-state index is 6.28. The minimum Gasteiger partial charge on any atom is -0.334 e. The molecule has 0 spiro atoms. The highest BCUT2D eigenvalue weighted by atomic mass is 35.5. The van der Waals surface area contributed by atoms with E-state index in [9.17, 15) is 0 Å². The number of rotatable bonds is 4. The highest BCUT2D eigenvalue weighted by Gasteiger charge is 2.39. The van der Waals surface area contributed by atoms with Gasteiger partial charge in [0, 0.05) is 5.02 Å². The van der Waals surface area contributed by atoms with Crippen LogP contribution in [-0.4, -0.2) is 19.9 Å².